The fourth-order valence-corrected chi connectivity index (χ4v) is 1.70. The van der Waals surface area contributed by atoms with E-state index in [4.69, 9.17) is 0 Å². The third-order valence-corrected chi connectivity index (χ3v) is 2.66. The van der Waals surface area contributed by atoms with Crippen LogP contribution in [0.15, 0.2) is 36.7 Å². The van der Waals surface area contributed by atoms with Crippen LogP contribution >= 0.6 is 0 Å². The van der Waals surface area contributed by atoms with Crippen molar-refractivity contribution in [1.29, 1.82) is 0 Å². The second-order valence-corrected chi connectivity index (χ2v) is 4.20. The van der Waals surface area contributed by atoms with Crippen LogP contribution < -0.4 is 10.6 Å². The van der Waals surface area contributed by atoms with Gasteiger partial charge < -0.3 is 10.6 Å². The summed E-state index contributed by atoms with van der Waals surface area (Å²) in [6.07, 6.45) is 3.00. The number of rotatable bonds is 5. The highest BCUT2D eigenvalue weighted by molar-refractivity contribution is 5.93. The summed E-state index contributed by atoms with van der Waals surface area (Å²) in [5.41, 5.74) is 0.339. The quantitative estimate of drug-likeness (QED) is 0.640. The lowest BCUT2D eigenvalue weighted by Crippen LogP contribution is -2.23. The first-order valence-corrected chi connectivity index (χ1v) is 6.12. The number of carbonyl (C=O) groups excluding carboxylic acids is 1. The maximum Gasteiger partial charge on any atom is 0.314 e. The molecule has 2 rings (SSSR count). The number of nitrogens with one attached hydrogen (secondary N) is 2. The van der Waals surface area contributed by atoms with Gasteiger partial charge in [0, 0.05) is 18.0 Å². The van der Waals surface area contributed by atoms with Crippen molar-refractivity contribution in [3.05, 3.63) is 52.3 Å². The number of nitrogens with zero attached hydrogens (tertiary/aromatic N) is 3. The highest BCUT2D eigenvalue weighted by Gasteiger charge is 2.18. The Morgan fingerprint density at radius 1 is 1.29 bits per heavy atom. The third-order valence-electron chi connectivity index (χ3n) is 2.66. The summed E-state index contributed by atoms with van der Waals surface area (Å²) >= 11 is 0. The number of anilines is 2. The smallest absolute Gasteiger partial charge is 0.314 e. The van der Waals surface area contributed by atoms with Gasteiger partial charge in [-0.15, -0.1) is 0 Å². The number of pyridine rings is 2. The van der Waals surface area contributed by atoms with E-state index < -0.39 is 4.92 Å². The SMILES string of the molecule is Cc1ccnc(NCC(=O)Nc2ccccn2)c1[N+](=O)[O-]. The molecule has 108 valence electrons. The highest BCUT2D eigenvalue weighted by Crippen LogP contribution is 2.25. The molecule has 0 aliphatic rings. The van der Waals surface area contributed by atoms with Crippen molar-refractivity contribution in [1.82, 2.24) is 9.97 Å². The van der Waals surface area contributed by atoms with Crippen molar-refractivity contribution in [2.24, 2.45) is 0 Å². The maximum atomic E-state index is 11.7. The lowest BCUT2D eigenvalue weighted by atomic mass is 10.2. The molecule has 8 heteroatoms. The average molecular weight is 287 g/mol. The topological polar surface area (TPSA) is 110 Å². The molecule has 8 nitrogen and oxygen atoms in total. The number of nitro groups is 1. The normalized spacial score (nSPS) is 9.95. The fourth-order valence-electron chi connectivity index (χ4n) is 1.70. The van der Waals surface area contributed by atoms with E-state index >= 15 is 0 Å². The van der Waals surface area contributed by atoms with Crippen molar-refractivity contribution >= 4 is 23.2 Å². The molecule has 0 atom stereocenters. The van der Waals surface area contributed by atoms with Crippen molar-refractivity contribution in [2.75, 3.05) is 17.2 Å². The van der Waals surface area contributed by atoms with Crippen molar-refractivity contribution in [3.63, 3.8) is 0 Å². The van der Waals surface area contributed by atoms with Gasteiger partial charge in [0.05, 0.1) is 11.5 Å². The molecule has 0 saturated carbocycles. The van der Waals surface area contributed by atoms with Gasteiger partial charge in [-0.2, -0.15) is 0 Å². The van der Waals surface area contributed by atoms with Gasteiger partial charge in [-0.1, -0.05) is 6.07 Å². The van der Waals surface area contributed by atoms with Crippen molar-refractivity contribution in [2.45, 2.75) is 6.92 Å². The molecular formula is C13H13N5O3. The first-order valence-electron chi connectivity index (χ1n) is 6.12. The minimum absolute atomic E-state index is 0.0659. The Balaban J connectivity index is 2.02. The predicted octanol–water partition coefficient (Wildman–Crippen LogP) is 1.74. The molecule has 0 aliphatic heterocycles. The first kappa shape index (κ1) is 14.4. The molecule has 0 spiro atoms. The zero-order valence-corrected chi connectivity index (χ0v) is 11.2. The van der Waals surface area contributed by atoms with Crippen LogP contribution in [0.1, 0.15) is 5.56 Å². The van der Waals surface area contributed by atoms with Crippen LogP contribution in [0.4, 0.5) is 17.3 Å². The van der Waals surface area contributed by atoms with Crippen LogP contribution in [-0.4, -0.2) is 27.3 Å². The van der Waals surface area contributed by atoms with Crippen LogP contribution in [0.5, 0.6) is 0 Å². The summed E-state index contributed by atoms with van der Waals surface area (Å²) in [7, 11) is 0. The molecule has 0 bridgehead atoms. The predicted molar refractivity (Wildman–Crippen MR) is 77.0 cm³/mol. The number of amides is 1. The van der Waals surface area contributed by atoms with E-state index in [1.165, 1.54) is 12.3 Å². The van der Waals surface area contributed by atoms with Gasteiger partial charge in [0.25, 0.3) is 0 Å². The molecule has 0 fully saturated rings. The third kappa shape index (κ3) is 3.72. The molecule has 2 N–H and O–H groups in total. The Hall–Kier alpha value is -3.03. The molecule has 0 aliphatic carbocycles. The number of hydrogen-bond donors (Lipinski definition) is 2. The minimum atomic E-state index is -0.526. The first-order chi connectivity index (χ1) is 10.1. The largest absolute Gasteiger partial charge is 0.355 e. The van der Waals surface area contributed by atoms with Crippen LogP contribution in [-0.2, 0) is 4.79 Å². The maximum absolute atomic E-state index is 11.7. The van der Waals surface area contributed by atoms with Gasteiger partial charge >= 0.3 is 5.69 Å². The molecule has 1 amide bonds. The van der Waals surface area contributed by atoms with Crippen LogP contribution in [0, 0.1) is 17.0 Å². The fraction of sp³-hybridized carbons (Fsp3) is 0.154. The molecule has 0 radical (unpaired) electrons. The van der Waals surface area contributed by atoms with Gasteiger partial charge in [-0.3, -0.25) is 14.9 Å². The van der Waals surface area contributed by atoms with Gasteiger partial charge in [0.1, 0.15) is 5.82 Å². The zero-order valence-electron chi connectivity index (χ0n) is 11.2. The van der Waals surface area contributed by atoms with Crippen molar-refractivity contribution in [3.8, 4) is 0 Å². The summed E-state index contributed by atoms with van der Waals surface area (Å²) in [6, 6.07) is 6.65. The minimum Gasteiger partial charge on any atom is -0.355 e. The Morgan fingerprint density at radius 2 is 2.10 bits per heavy atom. The van der Waals surface area contributed by atoms with E-state index in [-0.39, 0.29) is 24.0 Å². The van der Waals surface area contributed by atoms with Gasteiger partial charge in [0.15, 0.2) is 0 Å². The van der Waals surface area contributed by atoms with Crippen LogP contribution in [0.25, 0.3) is 0 Å². The van der Waals surface area contributed by atoms with E-state index in [9.17, 15) is 14.9 Å². The molecule has 21 heavy (non-hydrogen) atoms. The number of hydrogen-bond acceptors (Lipinski definition) is 6. The van der Waals surface area contributed by atoms with E-state index in [1.54, 1.807) is 31.3 Å². The number of carbonyl (C=O) groups is 1. The Morgan fingerprint density at radius 3 is 2.76 bits per heavy atom. The van der Waals surface area contributed by atoms with Gasteiger partial charge in [-0.25, -0.2) is 9.97 Å². The molecule has 0 aromatic carbocycles. The monoisotopic (exact) mass is 287 g/mol. The second-order valence-electron chi connectivity index (χ2n) is 4.20. The zero-order chi connectivity index (χ0) is 15.2. The molecular weight excluding hydrogens is 274 g/mol. The van der Waals surface area contributed by atoms with Gasteiger partial charge in [-0.05, 0) is 25.1 Å². The second kappa shape index (κ2) is 6.42. The van der Waals surface area contributed by atoms with E-state index in [2.05, 4.69) is 20.6 Å². The lowest BCUT2D eigenvalue weighted by Gasteiger charge is -2.07. The van der Waals surface area contributed by atoms with E-state index in [1.807, 2.05) is 0 Å². The summed E-state index contributed by atoms with van der Waals surface area (Å²) in [6.45, 7) is 1.47. The molecule has 0 unspecified atom stereocenters. The van der Waals surface area contributed by atoms with Crippen LogP contribution in [0.2, 0.25) is 0 Å². The Labute approximate surface area is 120 Å². The number of aryl methyl sites for hydroxylation is 1. The Bertz CT molecular complexity index is 660. The Kier molecular flexibility index (Phi) is 4.39. The molecule has 2 aromatic rings. The van der Waals surface area contributed by atoms with Crippen LogP contribution in [0.3, 0.4) is 0 Å². The van der Waals surface area contributed by atoms with Crippen molar-refractivity contribution < 1.29 is 9.72 Å². The highest BCUT2D eigenvalue weighted by atomic mass is 16.6. The number of aromatic nitrogens is 2. The summed E-state index contributed by atoms with van der Waals surface area (Å²) in [4.78, 5) is 30.0. The molecule has 2 aromatic heterocycles. The molecule has 2 heterocycles. The van der Waals surface area contributed by atoms with E-state index in [0.29, 0.717) is 11.4 Å². The van der Waals surface area contributed by atoms with Gasteiger partial charge in [0.2, 0.25) is 11.7 Å². The average Bonchev–Trinajstić information content (AvgIpc) is 2.45. The molecule has 0 saturated heterocycles. The summed E-state index contributed by atoms with van der Waals surface area (Å²) < 4.78 is 0. The summed E-state index contributed by atoms with van der Waals surface area (Å²) in [5.74, 6) is 0.110. The summed E-state index contributed by atoms with van der Waals surface area (Å²) in [5, 5.41) is 16.2. The lowest BCUT2D eigenvalue weighted by molar-refractivity contribution is -0.384. The van der Waals surface area contributed by atoms with E-state index in [0.717, 1.165) is 0 Å². The standard InChI is InChI=1S/C13H13N5O3/c1-9-5-7-15-13(12(9)18(20)21)16-8-11(19)17-10-4-2-3-6-14-10/h2-7H,8H2,1H3,(H,15,16)(H,14,17,19).